The zero-order chi connectivity index (χ0) is 8.83. The second kappa shape index (κ2) is 43.9. The highest BCUT2D eigenvalue weighted by atomic mass is 14.9. The van der Waals surface area contributed by atoms with Crippen LogP contribution in [-0.2, 0) is 0 Å². The summed E-state index contributed by atoms with van der Waals surface area (Å²) in [6, 6.07) is 0. The van der Waals surface area contributed by atoms with E-state index in [2.05, 4.69) is 25.5 Å². The topological polar surface area (TPSA) is 83.6 Å². The lowest BCUT2D eigenvalue weighted by atomic mass is 10.3. The van der Waals surface area contributed by atoms with E-state index in [0.717, 1.165) is 0 Å². The lowest BCUT2D eigenvalue weighted by Crippen LogP contribution is -2.29. The van der Waals surface area contributed by atoms with Gasteiger partial charge in [0.25, 0.3) is 0 Å². The van der Waals surface area contributed by atoms with Crippen LogP contribution < -0.4 is 5.32 Å². The normalized spacial score (nSPS) is 10.8. The molecule has 1 fully saturated rings. The molecule has 0 amide bonds. The van der Waals surface area contributed by atoms with Crippen LogP contribution in [0.2, 0.25) is 0 Å². The van der Waals surface area contributed by atoms with Crippen molar-refractivity contribution in [2.24, 2.45) is 0 Å². The van der Waals surface area contributed by atoms with Crippen LogP contribution in [0, 0.1) is 16.2 Å². The fourth-order valence-corrected chi connectivity index (χ4v) is 0.177. The van der Waals surface area contributed by atoms with E-state index in [4.69, 9.17) is 16.2 Å². The molecule has 4 nitrogen and oxygen atoms in total. The van der Waals surface area contributed by atoms with E-state index in [-0.39, 0.29) is 0 Å². The minimum atomic E-state index is 1.25. The summed E-state index contributed by atoms with van der Waals surface area (Å²) in [4.78, 5) is 0. The highest BCUT2D eigenvalue weighted by Crippen LogP contribution is 1.80. The maximum atomic E-state index is 5.50. The van der Waals surface area contributed by atoms with Crippen molar-refractivity contribution in [2.75, 3.05) is 13.1 Å². The van der Waals surface area contributed by atoms with Gasteiger partial charge < -0.3 is 21.5 Å². The Morgan fingerprint density at radius 3 is 0.900 bits per heavy atom. The summed E-state index contributed by atoms with van der Waals surface area (Å²) in [5.41, 5.74) is 0. The van der Waals surface area contributed by atoms with Gasteiger partial charge >= 0.3 is 0 Å². The molecule has 4 N–H and O–H groups in total. The van der Waals surface area contributed by atoms with Crippen LogP contribution in [-0.4, -0.2) is 33.2 Å². The van der Waals surface area contributed by atoms with E-state index in [1.807, 2.05) is 0 Å². The van der Waals surface area contributed by atoms with Gasteiger partial charge in [-0.1, -0.05) is 0 Å². The average molecular weight is 144 g/mol. The summed E-state index contributed by atoms with van der Waals surface area (Å²) in [5, 5.41) is 19.6. The third-order valence-corrected chi connectivity index (χ3v) is 0.707. The average Bonchev–Trinajstić information content (AvgIpc) is 1.96. The van der Waals surface area contributed by atoms with Crippen molar-refractivity contribution in [2.45, 2.75) is 6.42 Å². The molecule has 0 atom stereocenters. The molecule has 0 saturated carbocycles. The number of nitrogens with one attached hydrogen (secondary N) is 4. The lowest BCUT2D eigenvalue weighted by Gasteiger charge is -2.09. The van der Waals surface area contributed by atoms with Crippen LogP contribution in [0.15, 0.2) is 0 Å². The third-order valence-electron chi connectivity index (χ3n) is 0.707. The molecule has 1 aliphatic rings. The van der Waals surface area contributed by atoms with Crippen molar-refractivity contribution in [3.8, 4) is 0 Å². The van der Waals surface area contributed by atoms with Gasteiger partial charge in [0.2, 0.25) is 0 Å². The van der Waals surface area contributed by atoms with Gasteiger partial charge in [-0.05, 0) is 39.7 Å². The van der Waals surface area contributed by atoms with Crippen LogP contribution in [0.5, 0.6) is 0 Å². The lowest BCUT2D eigenvalue weighted by molar-refractivity contribution is 0.527. The van der Waals surface area contributed by atoms with Crippen LogP contribution in [0.4, 0.5) is 0 Å². The molecule has 1 saturated heterocycles. The van der Waals surface area contributed by atoms with E-state index in [1.165, 1.54) is 19.5 Å². The predicted molar refractivity (Wildman–Crippen MR) is 47.0 cm³/mol. The number of rotatable bonds is 0. The first-order chi connectivity index (χ1) is 5.00. The molecule has 1 rings (SSSR count). The molecular formula is C6H16N4. The fourth-order valence-electron chi connectivity index (χ4n) is 0.177. The molecule has 0 aromatic heterocycles. The summed E-state index contributed by atoms with van der Waals surface area (Å²) >= 11 is 0. The maximum absolute atomic E-state index is 5.50. The van der Waals surface area contributed by atoms with Gasteiger partial charge in [-0.15, -0.1) is 0 Å². The number of hydrogen-bond donors (Lipinski definition) is 4. The van der Waals surface area contributed by atoms with Crippen molar-refractivity contribution in [1.29, 1.82) is 16.2 Å². The maximum Gasteiger partial charge on any atom is -0.00368 e. The Morgan fingerprint density at radius 1 is 0.800 bits per heavy atom. The largest absolute Gasteiger partial charge is 0.317 e. The second-order valence-corrected chi connectivity index (χ2v) is 1.10. The Balaban J connectivity index is -0.0000000729. The Morgan fingerprint density at radius 2 is 0.900 bits per heavy atom. The van der Waals surface area contributed by atoms with Gasteiger partial charge in [0.15, 0.2) is 0 Å². The highest BCUT2D eigenvalue weighted by Gasteiger charge is 1.92. The van der Waals surface area contributed by atoms with E-state index >= 15 is 0 Å². The monoisotopic (exact) mass is 144 g/mol. The predicted octanol–water partition coefficient (Wildman–Crippen LogP) is 0.777. The molecule has 60 valence electrons. The summed E-state index contributed by atoms with van der Waals surface area (Å²) in [5.74, 6) is 0. The molecule has 1 heterocycles. The van der Waals surface area contributed by atoms with Crippen molar-refractivity contribution in [3.63, 3.8) is 0 Å². The highest BCUT2D eigenvalue weighted by molar-refractivity contribution is 5.16. The Bertz CT molecular complexity index is 36.3. The van der Waals surface area contributed by atoms with Crippen molar-refractivity contribution in [1.82, 2.24) is 5.32 Å². The first-order valence-corrected chi connectivity index (χ1v) is 2.77. The van der Waals surface area contributed by atoms with E-state index in [0.29, 0.717) is 0 Å². The van der Waals surface area contributed by atoms with Crippen molar-refractivity contribution < 1.29 is 0 Å². The molecular weight excluding hydrogens is 128 g/mol. The fraction of sp³-hybridized carbons (Fsp3) is 0.500. The molecule has 0 spiro atoms. The summed E-state index contributed by atoms with van der Waals surface area (Å²) < 4.78 is 0. The zero-order valence-electron chi connectivity index (χ0n) is 6.24. The molecule has 0 radical (unpaired) electrons. The third kappa shape index (κ3) is 28.2. The van der Waals surface area contributed by atoms with Gasteiger partial charge in [-0.3, -0.25) is 0 Å². The number of hydrogen-bond acceptors (Lipinski definition) is 4. The first kappa shape index (κ1) is 16.0. The summed E-state index contributed by atoms with van der Waals surface area (Å²) in [7, 11) is 0. The molecule has 10 heavy (non-hydrogen) atoms. The Hall–Kier alpha value is -1.03. The van der Waals surface area contributed by atoms with Crippen LogP contribution in [0.25, 0.3) is 0 Å². The summed E-state index contributed by atoms with van der Waals surface area (Å²) in [6.07, 6.45) is 1.39. The summed E-state index contributed by atoms with van der Waals surface area (Å²) in [6.45, 7) is 10.0. The standard InChI is InChI=1S/C3H7N.3CH3N/c1-2-4-3-1;3*1-2/h4H,1-3H2;3*2H,1H2. The van der Waals surface area contributed by atoms with E-state index in [1.54, 1.807) is 0 Å². The van der Waals surface area contributed by atoms with Crippen LogP contribution in [0.1, 0.15) is 6.42 Å². The van der Waals surface area contributed by atoms with Gasteiger partial charge in [-0.25, -0.2) is 0 Å². The molecule has 0 aromatic rings. The quantitative estimate of drug-likeness (QED) is 0.372. The van der Waals surface area contributed by atoms with Gasteiger partial charge in [0.05, 0.1) is 0 Å². The minimum absolute atomic E-state index is 1.25. The molecule has 0 unspecified atom stereocenters. The molecule has 0 aliphatic carbocycles. The first-order valence-electron chi connectivity index (χ1n) is 2.77. The SMILES string of the molecule is C1CNC1.C=N.C=N.C=N. The minimum Gasteiger partial charge on any atom is -0.317 e. The smallest absolute Gasteiger partial charge is 0.00368 e. The molecule has 0 aromatic carbocycles. The van der Waals surface area contributed by atoms with Crippen molar-refractivity contribution in [3.05, 3.63) is 0 Å². The van der Waals surface area contributed by atoms with E-state index in [9.17, 15) is 0 Å². The molecule has 4 heteroatoms. The van der Waals surface area contributed by atoms with Crippen molar-refractivity contribution >= 4 is 20.2 Å². The van der Waals surface area contributed by atoms with Crippen LogP contribution >= 0.6 is 0 Å². The zero-order valence-corrected chi connectivity index (χ0v) is 6.24. The van der Waals surface area contributed by atoms with Gasteiger partial charge in [-0.2, -0.15) is 0 Å². The van der Waals surface area contributed by atoms with Gasteiger partial charge in [0.1, 0.15) is 0 Å². The Kier molecular flexibility index (Phi) is 70.2. The van der Waals surface area contributed by atoms with Crippen LogP contribution in [0.3, 0.4) is 0 Å². The van der Waals surface area contributed by atoms with E-state index < -0.39 is 0 Å². The second-order valence-electron chi connectivity index (χ2n) is 1.10. The molecule has 0 bridgehead atoms. The molecule has 1 aliphatic heterocycles. The Labute approximate surface area is 62.2 Å². The van der Waals surface area contributed by atoms with Gasteiger partial charge in [0, 0.05) is 0 Å².